The molecule has 0 radical (unpaired) electrons. The molecule has 0 N–H and O–H groups in total. The van der Waals surface area contributed by atoms with Gasteiger partial charge in [0.1, 0.15) is 22.3 Å². The molecule has 2 aromatic heterocycles. The molecule has 0 aliphatic heterocycles. The highest BCUT2D eigenvalue weighted by molar-refractivity contribution is 6.10. The van der Waals surface area contributed by atoms with E-state index in [4.69, 9.17) is 8.83 Å². The van der Waals surface area contributed by atoms with E-state index in [2.05, 4.69) is 158 Å². The Balaban J connectivity index is 0.996. The van der Waals surface area contributed by atoms with Gasteiger partial charge in [-0.3, -0.25) is 0 Å². The van der Waals surface area contributed by atoms with Crippen molar-refractivity contribution in [3.8, 4) is 55.6 Å². The van der Waals surface area contributed by atoms with Crippen LogP contribution in [-0.4, -0.2) is 0 Å². The lowest BCUT2D eigenvalue weighted by atomic mass is 9.93. The number of hydrogen-bond acceptors (Lipinski definition) is 2. The average Bonchev–Trinajstić information content (AvgIpc) is 3.77. The Kier molecular flexibility index (Phi) is 6.53. The van der Waals surface area contributed by atoms with E-state index in [9.17, 15) is 0 Å². The van der Waals surface area contributed by atoms with Crippen molar-refractivity contribution in [2.24, 2.45) is 0 Å². The van der Waals surface area contributed by atoms with Crippen LogP contribution in [0.25, 0.3) is 99.5 Å². The fourth-order valence-electron chi connectivity index (χ4n) is 7.44. The Hall–Kier alpha value is -6.64. The predicted molar refractivity (Wildman–Crippen MR) is 208 cm³/mol. The maximum Gasteiger partial charge on any atom is 0.143 e. The third kappa shape index (κ3) is 4.73. The number of furan rings is 2. The van der Waals surface area contributed by atoms with Gasteiger partial charge in [0.2, 0.25) is 0 Å². The molecule has 0 amide bonds. The second kappa shape index (κ2) is 11.5. The second-order valence-electron chi connectivity index (χ2n) is 12.9. The monoisotopic (exact) mass is 638 g/mol. The smallest absolute Gasteiger partial charge is 0.143 e. The van der Waals surface area contributed by atoms with Crippen LogP contribution in [0, 0.1) is 0 Å². The zero-order valence-corrected chi connectivity index (χ0v) is 27.1. The molecule has 8 aromatic carbocycles. The van der Waals surface area contributed by atoms with E-state index < -0.39 is 0 Å². The van der Waals surface area contributed by atoms with Crippen LogP contribution in [0.5, 0.6) is 0 Å². The van der Waals surface area contributed by atoms with Crippen LogP contribution < -0.4 is 0 Å². The molecule has 10 rings (SSSR count). The summed E-state index contributed by atoms with van der Waals surface area (Å²) in [6.45, 7) is 0. The Morgan fingerprint density at radius 2 is 0.540 bits per heavy atom. The summed E-state index contributed by atoms with van der Waals surface area (Å²) in [5, 5.41) is 4.57. The Labute approximate surface area is 289 Å². The van der Waals surface area contributed by atoms with Gasteiger partial charge in [-0.15, -0.1) is 0 Å². The molecular weight excluding hydrogens is 609 g/mol. The van der Waals surface area contributed by atoms with Crippen LogP contribution in [-0.2, 0) is 0 Å². The lowest BCUT2D eigenvalue weighted by Gasteiger charge is -2.11. The molecule has 0 bridgehead atoms. The third-order valence-corrected chi connectivity index (χ3v) is 9.88. The van der Waals surface area contributed by atoms with Gasteiger partial charge in [-0.05, 0) is 80.9 Å². The number of para-hydroxylation sites is 4. The minimum absolute atomic E-state index is 0.913. The van der Waals surface area contributed by atoms with Gasteiger partial charge in [0.15, 0.2) is 0 Å². The molecule has 2 heteroatoms. The molecular formula is C48H30O2. The first-order valence-electron chi connectivity index (χ1n) is 17.0. The minimum atomic E-state index is 0.913. The first kappa shape index (κ1) is 28.4. The van der Waals surface area contributed by atoms with Crippen LogP contribution in [0.2, 0.25) is 0 Å². The lowest BCUT2D eigenvalue weighted by Crippen LogP contribution is -1.86. The summed E-state index contributed by atoms with van der Waals surface area (Å²) >= 11 is 0. The van der Waals surface area contributed by atoms with Gasteiger partial charge in [0, 0.05) is 32.7 Å². The molecule has 2 nitrogen and oxygen atoms in total. The first-order chi connectivity index (χ1) is 24.8. The lowest BCUT2D eigenvalue weighted by molar-refractivity contribution is 0.669. The summed E-state index contributed by atoms with van der Waals surface area (Å²) in [5.41, 5.74) is 15.2. The third-order valence-electron chi connectivity index (χ3n) is 9.88. The summed E-state index contributed by atoms with van der Waals surface area (Å²) in [7, 11) is 0. The second-order valence-corrected chi connectivity index (χ2v) is 12.9. The SMILES string of the molecule is c1cc(-c2cccc(-c3cccc(-c4cccc5c4oc4ccccc45)c3)c2)cc(-c2cccc(-c3cccc4c3oc3ccccc34)c2)c1. The van der Waals surface area contributed by atoms with E-state index in [0.717, 1.165) is 66.1 Å². The van der Waals surface area contributed by atoms with E-state index in [-0.39, 0.29) is 0 Å². The van der Waals surface area contributed by atoms with E-state index >= 15 is 0 Å². The molecule has 0 saturated carbocycles. The quantitative estimate of drug-likeness (QED) is 0.187. The summed E-state index contributed by atoms with van der Waals surface area (Å²) < 4.78 is 12.7. The summed E-state index contributed by atoms with van der Waals surface area (Å²) in [5.74, 6) is 0. The summed E-state index contributed by atoms with van der Waals surface area (Å²) in [6.07, 6.45) is 0. The first-order valence-corrected chi connectivity index (χ1v) is 17.0. The number of hydrogen-bond donors (Lipinski definition) is 0. The minimum Gasteiger partial charge on any atom is -0.455 e. The Morgan fingerprint density at radius 3 is 0.940 bits per heavy atom. The molecule has 0 fully saturated rings. The molecule has 0 spiro atoms. The van der Waals surface area contributed by atoms with Crippen LogP contribution in [0.3, 0.4) is 0 Å². The molecule has 0 aliphatic rings. The maximum absolute atomic E-state index is 6.37. The highest BCUT2D eigenvalue weighted by Crippen LogP contribution is 2.39. The van der Waals surface area contributed by atoms with Crippen molar-refractivity contribution in [1.82, 2.24) is 0 Å². The largest absolute Gasteiger partial charge is 0.455 e. The Morgan fingerprint density at radius 1 is 0.240 bits per heavy atom. The van der Waals surface area contributed by atoms with Gasteiger partial charge in [0.05, 0.1) is 0 Å². The fourth-order valence-corrected chi connectivity index (χ4v) is 7.44. The van der Waals surface area contributed by atoms with Crippen LogP contribution in [0.15, 0.2) is 191 Å². The molecule has 10 aromatic rings. The molecule has 50 heavy (non-hydrogen) atoms. The van der Waals surface area contributed by atoms with Crippen LogP contribution >= 0.6 is 0 Å². The van der Waals surface area contributed by atoms with Crippen molar-refractivity contribution in [1.29, 1.82) is 0 Å². The number of rotatable bonds is 5. The normalized spacial score (nSPS) is 11.6. The van der Waals surface area contributed by atoms with Gasteiger partial charge in [-0.2, -0.15) is 0 Å². The maximum atomic E-state index is 6.37. The van der Waals surface area contributed by atoms with Gasteiger partial charge >= 0.3 is 0 Å². The molecule has 0 unspecified atom stereocenters. The topological polar surface area (TPSA) is 26.3 Å². The summed E-state index contributed by atoms with van der Waals surface area (Å²) in [6, 6.07) is 64.5. The fraction of sp³-hybridized carbons (Fsp3) is 0. The van der Waals surface area contributed by atoms with Crippen molar-refractivity contribution in [2.45, 2.75) is 0 Å². The van der Waals surface area contributed by atoms with Crippen LogP contribution in [0.1, 0.15) is 0 Å². The van der Waals surface area contributed by atoms with Gasteiger partial charge in [0.25, 0.3) is 0 Å². The molecule has 0 aliphatic carbocycles. The van der Waals surface area contributed by atoms with E-state index in [1.54, 1.807) is 0 Å². The van der Waals surface area contributed by atoms with Crippen LogP contribution in [0.4, 0.5) is 0 Å². The number of benzene rings is 8. The molecule has 0 atom stereocenters. The highest BCUT2D eigenvalue weighted by Gasteiger charge is 2.14. The summed E-state index contributed by atoms with van der Waals surface area (Å²) in [4.78, 5) is 0. The zero-order chi connectivity index (χ0) is 33.0. The van der Waals surface area contributed by atoms with Crippen molar-refractivity contribution >= 4 is 43.9 Å². The van der Waals surface area contributed by atoms with Gasteiger partial charge < -0.3 is 8.83 Å². The van der Waals surface area contributed by atoms with Gasteiger partial charge in [-0.1, -0.05) is 146 Å². The van der Waals surface area contributed by atoms with E-state index in [0.29, 0.717) is 0 Å². The zero-order valence-electron chi connectivity index (χ0n) is 27.1. The van der Waals surface area contributed by atoms with E-state index in [1.807, 2.05) is 24.3 Å². The Bertz CT molecular complexity index is 2690. The van der Waals surface area contributed by atoms with E-state index in [1.165, 1.54) is 33.4 Å². The molecule has 0 saturated heterocycles. The molecule has 234 valence electrons. The standard InChI is InChI=1S/C48H30O2/c1-3-25-45-41(19-1)43-23-9-21-39(47(43)49-45)37-17-7-15-35(29-37)33-13-5-11-31(27-33)32-12-6-14-34(28-32)36-16-8-18-38(30-36)40-22-10-24-44-42-20-2-4-26-46(42)50-48(40)44/h1-30H. The van der Waals surface area contributed by atoms with Gasteiger partial charge in [-0.25, -0.2) is 0 Å². The van der Waals surface area contributed by atoms with Crippen molar-refractivity contribution in [2.75, 3.05) is 0 Å². The van der Waals surface area contributed by atoms with Crippen molar-refractivity contribution < 1.29 is 8.83 Å². The predicted octanol–water partition coefficient (Wildman–Crippen LogP) is 13.8. The van der Waals surface area contributed by atoms with Crippen molar-refractivity contribution in [3.63, 3.8) is 0 Å². The highest BCUT2D eigenvalue weighted by atomic mass is 16.3. The molecule has 2 heterocycles. The van der Waals surface area contributed by atoms with Crippen molar-refractivity contribution in [3.05, 3.63) is 182 Å². The average molecular weight is 639 g/mol. The number of fused-ring (bicyclic) bond motifs is 6.